The van der Waals surface area contributed by atoms with Gasteiger partial charge in [-0.15, -0.1) is 0 Å². The Bertz CT molecular complexity index is 914. The van der Waals surface area contributed by atoms with E-state index in [1.807, 2.05) is 29.9 Å². The predicted molar refractivity (Wildman–Crippen MR) is 188 cm³/mol. The van der Waals surface area contributed by atoms with Gasteiger partial charge in [0.2, 0.25) is 0 Å². The van der Waals surface area contributed by atoms with Gasteiger partial charge < -0.3 is 41.0 Å². The van der Waals surface area contributed by atoms with E-state index in [9.17, 15) is 10.6 Å². The van der Waals surface area contributed by atoms with Crippen LogP contribution in [0, 0.1) is 5.92 Å². The maximum atomic E-state index is 11.7. The number of ether oxygens (including phenoxy) is 6. The second-order valence-corrected chi connectivity index (χ2v) is 19.0. The van der Waals surface area contributed by atoms with Crippen LogP contribution in [0.2, 0.25) is 18.1 Å². The lowest BCUT2D eigenvalue weighted by molar-refractivity contribution is -0.345. The van der Waals surface area contributed by atoms with E-state index in [-0.39, 0.29) is 11.6 Å². The van der Waals surface area contributed by atoms with E-state index in [2.05, 4.69) is 71.6 Å². The third-order valence-electron chi connectivity index (χ3n) is 9.89. The van der Waals surface area contributed by atoms with Gasteiger partial charge >= 0.3 is 0 Å². The van der Waals surface area contributed by atoms with Crippen LogP contribution in [0.4, 0.5) is 0 Å². The minimum Gasteiger partial charge on any atom is -0.392 e. The van der Waals surface area contributed by atoms with Gasteiger partial charge in [-0.25, -0.2) is 0 Å². The van der Waals surface area contributed by atoms with Gasteiger partial charge in [0, 0.05) is 24.7 Å². The number of unbranched alkanes of at least 4 members (excludes halogenated alkanes) is 3. The summed E-state index contributed by atoms with van der Waals surface area (Å²) in [6.45, 7) is 23.0. The lowest BCUT2D eigenvalue weighted by Gasteiger charge is -2.50. The van der Waals surface area contributed by atoms with Crippen molar-refractivity contribution in [3.05, 3.63) is 10.4 Å². The molecule has 2 rings (SSSR count). The van der Waals surface area contributed by atoms with Crippen LogP contribution in [0.15, 0.2) is 5.11 Å². The Morgan fingerprint density at radius 1 is 0.913 bits per heavy atom. The molecule has 2 aliphatic heterocycles. The van der Waals surface area contributed by atoms with Crippen molar-refractivity contribution in [2.24, 2.45) is 11.0 Å². The molecular weight excluding hydrogens is 725 g/mol. The van der Waals surface area contributed by atoms with Crippen molar-refractivity contribution in [1.82, 2.24) is 0 Å². The maximum absolute atomic E-state index is 11.7. The van der Waals surface area contributed by atoms with Crippen LogP contribution < -0.4 is 0 Å². The molecule has 0 spiro atoms. The largest absolute Gasteiger partial charge is 0.392 e. The zero-order valence-corrected chi connectivity index (χ0v) is 33.0. The predicted octanol–water partition coefficient (Wildman–Crippen LogP) is 7.46. The lowest BCUT2D eigenvalue weighted by Crippen LogP contribution is -2.65. The summed E-state index contributed by atoms with van der Waals surface area (Å²) in [5, 5.41) is 15.6. The third-order valence-corrected chi connectivity index (χ3v) is 15.0. The van der Waals surface area contributed by atoms with Crippen molar-refractivity contribution >= 4 is 31.3 Å². The first-order chi connectivity index (χ1) is 21.8. The van der Waals surface area contributed by atoms with Gasteiger partial charge in [0.1, 0.15) is 59.6 Å². The van der Waals surface area contributed by atoms with Crippen molar-refractivity contribution in [3.8, 4) is 0 Å². The Morgan fingerprint density at radius 2 is 1.50 bits per heavy atom. The molecule has 2 fully saturated rings. The van der Waals surface area contributed by atoms with Crippen LogP contribution in [-0.2, 0) is 35.9 Å². The van der Waals surface area contributed by atoms with Crippen LogP contribution in [0.25, 0.3) is 10.4 Å². The van der Waals surface area contributed by atoms with Crippen LogP contribution >= 0.6 is 23.0 Å². The molecule has 2 heterocycles. The van der Waals surface area contributed by atoms with Crippen LogP contribution in [0.1, 0.15) is 93.9 Å². The quantitative estimate of drug-likeness (QED) is 0.0313. The molecule has 4 unspecified atom stereocenters. The Kier molecular flexibility index (Phi) is 18.8. The molecule has 0 radical (unpaired) electrons. The zero-order chi connectivity index (χ0) is 34.5. The van der Waals surface area contributed by atoms with Crippen molar-refractivity contribution in [2.45, 2.75) is 173 Å². The molecule has 14 heteroatoms. The van der Waals surface area contributed by atoms with E-state index in [0.717, 1.165) is 38.5 Å². The summed E-state index contributed by atoms with van der Waals surface area (Å²) in [5.41, 5.74) is 9.50. The first-order valence-electron chi connectivity index (χ1n) is 17.3. The van der Waals surface area contributed by atoms with Crippen LogP contribution in [0.3, 0.4) is 0 Å². The lowest BCUT2D eigenvalue weighted by atomic mass is 9.96. The SMILES string of the molecule is CCCCOCC1O[C@@H](O[C@@H]2C(C)O[C@@H](O[Si](C)(C)C(C)(C)C(C)C)[C@@H](N=[N+]=[N-])C2O)[C@@H](OCCCC)C(OCCCC)[C@@H]1OI. The van der Waals surface area contributed by atoms with E-state index in [1.165, 1.54) is 0 Å². The van der Waals surface area contributed by atoms with Gasteiger partial charge in [-0.05, 0) is 55.8 Å². The van der Waals surface area contributed by atoms with Crippen molar-refractivity contribution < 1.29 is 41.0 Å². The zero-order valence-electron chi connectivity index (χ0n) is 29.9. The smallest absolute Gasteiger partial charge is 0.196 e. The van der Waals surface area contributed by atoms with Gasteiger partial charge in [-0.3, -0.25) is 0 Å². The topological polar surface area (TPSA) is 143 Å². The Balaban J connectivity index is 2.41. The minimum atomic E-state index is -2.42. The summed E-state index contributed by atoms with van der Waals surface area (Å²) in [7, 11) is -2.42. The number of hydrogen-bond donors (Lipinski definition) is 1. The second kappa shape index (κ2) is 20.5. The first-order valence-corrected chi connectivity index (χ1v) is 21.0. The fraction of sp³-hybridized carbons (Fsp3) is 1.00. The van der Waals surface area contributed by atoms with Gasteiger partial charge in [0.25, 0.3) is 0 Å². The van der Waals surface area contributed by atoms with Crippen LogP contribution in [-0.4, -0.2) is 101 Å². The van der Waals surface area contributed by atoms with Gasteiger partial charge in [-0.1, -0.05) is 72.8 Å². The minimum absolute atomic E-state index is 0.115. The molecular formula is C32H62IN3O9Si. The molecule has 0 amide bonds. The summed E-state index contributed by atoms with van der Waals surface area (Å²) < 4.78 is 50.9. The molecule has 0 bridgehead atoms. The number of azide groups is 1. The summed E-state index contributed by atoms with van der Waals surface area (Å²) in [5.74, 6) is 0.351. The first kappa shape index (κ1) is 42.1. The van der Waals surface area contributed by atoms with Crippen molar-refractivity contribution in [2.75, 3.05) is 26.4 Å². The maximum Gasteiger partial charge on any atom is 0.196 e. The van der Waals surface area contributed by atoms with Gasteiger partial charge in [0.05, 0.1) is 18.8 Å². The molecule has 270 valence electrons. The molecule has 0 aromatic heterocycles. The Hall–Kier alpha value is -0.103. The van der Waals surface area contributed by atoms with E-state index < -0.39 is 69.7 Å². The van der Waals surface area contributed by atoms with E-state index in [0.29, 0.717) is 25.7 Å². The fourth-order valence-electron chi connectivity index (χ4n) is 5.53. The molecule has 2 saturated heterocycles. The number of nitrogens with zero attached hydrogens (tertiary/aromatic N) is 3. The highest BCUT2D eigenvalue weighted by Gasteiger charge is 2.54. The average molecular weight is 788 g/mol. The third kappa shape index (κ3) is 11.2. The highest BCUT2D eigenvalue weighted by molar-refractivity contribution is 14.1. The number of halogens is 1. The highest BCUT2D eigenvalue weighted by Crippen LogP contribution is 2.46. The van der Waals surface area contributed by atoms with E-state index in [4.69, 9.17) is 35.9 Å². The standard InChI is InChI=1S/C32H62IN3O9Si/c1-11-14-17-38-20-23-27(44-33)28(39-18-15-12-2)29(40-19-16-13-3)31(42-23)43-26-22(6)41-30(24(25(26)37)35-36-34)45-46(9,10)32(7,8)21(4)5/h21-31,37H,11-20H2,1-10H3/t22?,23?,24-,25?,26+,27+,28?,29-,30-,31-/m0/s1. The van der Waals surface area contributed by atoms with Gasteiger partial charge in [0.15, 0.2) is 20.9 Å². The van der Waals surface area contributed by atoms with E-state index in [1.54, 1.807) is 0 Å². The number of hydrogen-bond acceptors (Lipinski definition) is 10. The molecule has 0 aliphatic carbocycles. The molecule has 0 aromatic carbocycles. The normalized spacial score (nSPS) is 32.5. The molecule has 2 aliphatic rings. The molecule has 1 N–H and O–H groups in total. The summed E-state index contributed by atoms with van der Waals surface area (Å²) in [4.78, 5) is 3.05. The average Bonchev–Trinajstić information content (AvgIpc) is 3.00. The molecule has 0 saturated carbocycles. The summed E-state index contributed by atoms with van der Waals surface area (Å²) in [6, 6.07) is -1.03. The highest BCUT2D eigenvalue weighted by atomic mass is 127. The molecule has 12 nitrogen and oxygen atoms in total. The Labute approximate surface area is 292 Å². The van der Waals surface area contributed by atoms with Gasteiger partial charge in [-0.2, -0.15) is 0 Å². The second-order valence-electron chi connectivity index (χ2n) is 13.9. The summed E-state index contributed by atoms with van der Waals surface area (Å²) in [6.07, 6.45) is -1.15. The van der Waals surface area contributed by atoms with E-state index >= 15 is 0 Å². The Morgan fingerprint density at radius 3 is 2.04 bits per heavy atom. The number of aliphatic hydroxyl groups excluding tert-OH is 1. The molecule has 10 atom stereocenters. The van der Waals surface area contributed by atoms with Crippen molar-refractivity contribution in [1.29, 1.82) is 0 Å². The van der Waals surface area contributed by atoms with Crippen LogP contribution in [0.5, 0.6) is 0 Å². The fourth-order valence-corrected chi connectivity index (χ4v) is 8.62. The number of rotatable bonds is 21. The molecule has 46 heavy (non-hydrogen) atoms. The summed E-state index contributed by atoms with van der Waals surface area (Å²) >= 11 is 1.90. The monoisotopic (exact) mass is 787 g/mol. The number of aliphatic hydroxyl groups is 1. The molecule has 0 aromatic rings. The van der Waals surface area contributed by atoms with Crippen molar-refractivity contribution in [3.63, 3.8) is 0 Å².